The first-order valence-electron chi connectivity index (χ1n) is 11.6. The molecule has 7 nitrogen and oxygen atoms in total. The number of carbonyl (C=O) groups excluding carboxylic acids is 3. The van der Waals surface area contributed by atoms with Crippen LogP contribution in [0.25, 0.3) is 10.8 Å². The Bertz CT molecular complexity index is 1180. The van der Waals surface area contributed by atoms with Crippen LogP contribution in [0.1, 0.15) is 40.0 Å². The van der Waals surface area contributed by atoms with E-state index in [0.29, 0.717) is 56.6 Å². The fraction of sp³-hybridized carbons (Fsp3) is 0.296. The Kier molecular flexibility index (Phi) is 7.42. The smallest absolute Gasteiger partial charge is 0.254 e. The number of hydrogen-bond donors (Lipinski definition) is 3. The van der Waals surface area contributed by atoms with Crippen molar-refractivity contribution in [2.45, 2.75) is 19.3 Å². The third-order valence-electron chi connectivity index (χ3n) is 6.22. The lowest BCUT2D eigenvalue weighted by Crippen LogP contribution is -2.43. The summed E-state index contributed by atoms with van der Waals surface area (Å²) in [5, 5.41) is 17.2. The number of benzene rings is 3. The molecule has 0 radical (unpaired) electrons. The highest BCUT2D eigenvalue weighted by molar-refractivity contribution is 6.07. The number of aromatic hydroxyl groups is 1. The maximum Gasteiger partial charge on any atom is 0.254 e. The summed E-state index contributed by atoms with van der Waals surface area (Å²) in [6.45, 7) is 2.00. The van der Waals surface area contributed by atoms with Crippen LogP contribution >= 0.6 is 0 Å². The van der Waals surface area contributed by atoms with Gasteiger partial charge in [0.25, 0.3) is 11.8 Å². The zero-order valence-electron chi connectivity index (χ0n) is 19.0. The molecule has 3 aromatic rings. The van der Waals surface area contributed by atoms with Gasteiger partial charge in [-0.25, -0.2) is 0 Å². The first-order chi connectivity index (χ1) is 16.5. The number of amides is 3. The van der Waals surface area contributed by atoms with Crippen LogP contribution in [0.5, 0.6) is 5.75 Å². The third-order valence-corrected chi connectivity index (χ3v) is 6.22. The zero-order valence-corrected chi connectivity index (χ0v) is 19.0. The standard InChI is InChI=1S/C27H29N3O4/c31-22-9-3-8-21(18-22)26(33)29-15-5-14-28-25(32)20-12-16-30(17-13-20)27(34)24-11-4-7-19-6-1-2-10-23(19)24/h1-4,6-11,18,20,31H,5,12-17H2,(H,28,32)(H,29,33). The van der Waals surface area contributed by atoms with Crippen molar-refractivity contribution in [1.82, 2.24) is 15.5 Å². The number of rotatable bonds is 7. The summed E-state index contributed by atoms with van der Waals surface area (Å²) < 4.78 is 0. The molecule has 176 valence electrons. The minimum absolute atomic E-state index is 0.00318. The first kappa shape index (κ1) is 23.3. The largest absolute Gasteiger partial charge is 0.508 e. The molecule has 3 amide bonds. The SMILES string of the molecule is O=C(NCCCNC(=O)C1CCN(C(=O)c2cccc3ccccc23)CC1)c1cccc(O)c1. The van der Waals surface area contributed by atoms with Gasteiger partial charge < -0.3 is 20.6 Å². The maximum absolute atomic E-state index is 13.1. The lowest BCUT2D eigenvalue weighted by molar-refractivity contribution is -0.126. The van der Waals surface area contributed by atoms with Gasteiger partial charge in [0.1, 0.15) is 5.75 Å². The van der Waals surface area contributed by atoms with Crippen molar-refractivity contribution >= 4 is 28.5 Å². The predicted molar refractivity (Wildman–Crippen MR) is 131 cm³/mol. The van der Waals surface area contributed by atoms with Crippen LogP contribution in [0.3, 0.4) is 0 Å². The minimum Gasteiger partial charge on any atom is -0.508 e. The fourth-order valence-electron chi connectivity index (χ4n) is 4.32. The van der Waals surface area contributed by atoms with Gasteiger partial charge in [0.15, 0.2) is 0 Å². The van der Waals surface area contributed by atoms with Gasteiger partial charge in [-0.1, -0.05) is 42.5 Å². The van der Waals surface area contributed by atoms with E-state index >= 15 is 0 Å². The minimum atomic E-state index is -0.259. The molecule has 1 aliphatic rings. The summed E-state index contributed by atoms with van der Waals surface area (Å²) in [5.74, 6) is -0.316. The second kappa shape index (κ2) is 10.8. The van der Waals surface area contributed by atoms with Gasteiger partial charge in [0.05, 0.1) is 0 Å². The number of likely N-dealkylation sites (tertiary alicyclic amines) is 1. The van der Waals surface area contributed by atoms with Crippen LogP contribution in [0.4, 0.5) is 0 Å². The second-order valence-corrected chi connectivity index (χ2v) is 8.54. The summed E-state index contributed by atoms with van der Waals surface area (Å²) in [6, 6.07) is 19.8. The summed E-state index contributed by atoms with van der Waals surface area (Å²) in [4.78, 5) is 39.5. The van der Waals surface area contributed by atoms with Crippen LogP contribution in [0.2, 0.25) is 0 Å². The topological polar surface area (TPSA) is 98.7 Å². The molecule has 3 N–H and O–H groups in total. The molecule has 1 fully saturated rings. The maximum atomic E-state index is 13.1. The number of fused-ring (bicyclic) bond motifs is 1. The Morgan fingerprint density at radius 1 is 0.882 bits per heavy atom. The summed E-state index contributed by atoms with van der Waals surface area (Å²) in [5.41, 5.74) is 1.10. The molecule has 34 heavy (non-hydrogen) atoms. The van der Waals surface area contributed by atoms with Gasteiger partial charge >= 0.3 is 0 Å². The van der Waals surface area contributed by atoms with E-state index < -0.39 is 0 Å². The van der Waals surface area contributed by atoms with Crippen molar-refractivity contribution in [3.8, 4) is 5.75 Å². The van der Waals surface area contributed by atoms with Crippen molar-refractivity contribution in [2.24, 2.45) is 5.92 Å². The molecule has 7 heteroatoms. The number of nitrogens with one attached hydrogen (secondary N) is 2. The Morgan fingerprint density at radius 3 is 2.38 bits per heavy atom. The van der Waals surface area contributed by atoms with Gasteiger partial charge in [-0.3, -0.25) is 14.4 Å². The summed E-state index contributed by atoms with van der Waals surface area (Å²) in [6.07, 6.45) is 1.88. The number of phenolic OH excluding ortho intramolecular Hbond substituents is 1. The van der Waals surface area contributed by atoms with Crippen LogP contribution in [0.15, 0.2) is 66.7 Å². The molecule has 0 aliphatic carbocycles. The van der Waals surface area contributed by atoms with E-state index in [-0.39, 0.29) is 29.4 Å². The monoisotopic (exact) mass is 459 g/mol. The number of phenols is 1. The molecule has 1 saturated heterocycles. The van der Waals surface area contributed by atoms with Gasteiger partial charge in [-0.15, -0.1) is 0 Å². The van der Waals surface area contributed by atoms with E-state index in [1.54, 1.807) is 12.1 Å². The Hall–Kier alpha value is -3.87. The van der Waals surface area contributed by atoms with Gasteiger partial charge in [-0.05, 0) is 54.3 Å². The Labute approximate surface area is 198 Å². The lowest BCUT2D eigenvalue weighted by Gasteiger charge is -2.31. The zero-order chi connectivity index (χ0) is 23.9. The van der Waals surface area contributed by atoms with E-state index in [9.17, 15) is 19.5 Å². The molecule has 0 bridgehead atoms. The van der Waals surface area contributed by atoms with Crippen LogP contribution in [0, 0.1) is 5.92 Å². The van der Waals surface area contributed by atoms with Crippen molar-refractivity contribution in [2.75, 3.05) is 26.2 Å². The van der Waals surface area contributed by atoms with Crippen LogP contribution in [-0.2, 0) is 4.79 Å². The molecule has 3 aromatic carbocycles. The fourth-order valence-corrected chi connectivity index (χ4v) is 4.32. The van der Waals surface area contributed by atoms with Crippen LogP contribution in [-0.4, -0.2) is 53.9 Å². The Balaban J connectivity index is 1.19. The molecule has 0 saturated carbocycles. The van der Waals surface area contributed by atoms with E-state index in [1.807, 2.05) is 47.4 Å². The van der Waals surface area contributed by atoms with Crippen molar-refractivity contribution < 1.29 is 19.5 Å². The average Bonchev–Trinajstić information content (AvgIpc) is 2.87. The van der Waals surface area contributed by atoms with E-state index in [4.69, 9.17) is 0 Å². The number of carbonyl (C=O) groups is 3. The number of piperidine rings is 1. The highest BCUT2D eigenvalue weighted by Gasteiger charge is 2.28. The average molecular weight is 460 g/mol. The van der Waals surface area contributed by atoms with E-state index in [1.165, 1.54) is 12.1 Å². The van der Waals surface area contributed by atoms with Crippen molar-refractivity contribution in [3.05, 3.63) is 77.9 Å². The molecule has 4 rings (SSSR count). The van der Waals surface area contributed by atoms with Crippen molar-refractivity contribution in [1.29, 1.82) is 0 Å². The normalized spacial score (nSPS) is 14.1. The van der Waals surface area contributed by atoms with E-state index in [2.05, 4.69) is 10.6 Å². The third kappa shape index (κ3) is 5.54. The van der Waals surface area contributed by atoms with Gasteiger partial charge in [0.2, 0.25) is 5.91 Å². The molecule has 1 heterocycles. The van der Waals surface area contributed by atoms with Gasteiger partial charge in [-0.2, -0.15) is 0 Å². The summed E-state index contributed by atoms with van der Waals surface area (Å²) in [7, 11) is 0. The molecular weight excluding hydrogens is 430 g/mol. The molecule has 1 aliphatic heterocycles. The lowest BCUT2D eigenvalue weighted by atomic mass is 9.94. The molecular formula is C27H29N3O4. The Morgan fingerprint density at radius 2 is 1.59 bits per heavy atom. The highest BCUT2D eigenvalue weighted by Crippen LogP contribution is 2.23. The van der Waals surface area contributed by atoms with Crippen LogP contribution < -0.4 is 10.6 Å². The first-order valence-corrected chi connectivity index (χ1v) is 11.6. The highest BCUT2D eigenvalue weighted by atomic mass is 16.3. The number of hydrogen-bond acceptors (Lipinski definition) is 4. The molecule has 0 aromatic heterocycles. The molecule has 0 atom stereocenters. The predicted octanol–water partition coefficient (Wildman–Crippen LogP) is 3.33. The van der Waals surface area contributed by atoms with Crippen molar-refractivity contribution in [3.63, 3.8) is 0 Å². The second-order valence-electron chi connectivity index (χ2n) is 8.54. The number of nitrogens with zero attached hydrogens (tertiary/aromatic N) is 1. The molecule has 0 spiro atoms. The molecule has 0 unspecified atom stereocenters. The van der Waals surface area contributed by atoms with E-state index in [0.717, 1.165) is 10.8 Å². The quantitative estimate of drug-likeness (QED) is 0.472. The van der Waals surface area contributed by atoms with Gasteiger partial charge in [0, 0.05) is 43.2 Å². The summed E-state index contributed by atoms with van der Waals surface area (Å²) >= 11 is 0.